The number of hydrogen-bond donors (Lipinski definition) is 0. The summed E-state index contributed by atoms with van der Waals surface area (Å²) < 4.78 is 144. The molecular formula is C32H30Na4O12P2S4. The molecular weight excluding hydrogens is 859 g/mol. The predicted octanol–water partition coefficient (Wildman–Crippen LogP) is -9.31. The first-order valence-electron chi connectivity index (χ1n) is 14.8. The summed E-state index contributed by atoms with van der Waals surface area (Å²) >= 11 is 0. The maximum absolute atomic E-state index is 12.0. The normalized spacial score (nSPS) is 18.7. The molecule has 2 atom stereocenters. The fourth-order valence-electron chi connectivity index (χ4n) is 6.11. The summed E-state index contributed by atoms with van der Waals surface area (Å²) in [5.41, 5.74) is -1.13. The van der Waals surface area contributed by atoms with E-state index < -0.39 is 86.7 Å². The Morgan fingerprint density at radius 3 is 0.815 bits per heavy atom. The zero-order valence-corrected chi connectivity index (χ0v) is 43.5. The first-order chi connectivity index (χ1) is 23.0. The predicted molar refractivity (Wildman–Crippen MR) is 185 cm³/mol. The van der Waals surface area contributed by atoms with Crippen molar-refractivity contribution in [2.75, 3.05) is 12.3 Å². The summed E-state index contributed by atoms with van der Waals surface area (Å²) in [5.74, 6) is 0. The Hall–Kier alpha value is 1.38. The van der Waals surface area contributed by atoms with Gasteiger partial charge in [-0.25, -0.2) is 33.7 Å². The van der Waals surface area contributed by atoms with E-state index in [2.05, 4.69) is 0 Å². The van der Waals surface area contributed by atoms with Gasteiger partial charge < -0.3 is 18.2 Å². The standard InChI is InChI=1S/C32H34O12P2S4.4Na/c1-31(21-45(23-7-3-11-27(17-23)47(33,34)35)24-8-4-12-28(18-24)48(36,37)38)15-16-32(31,2)22-46(25-9-5-13-29(19-25)49(39,40)41)26-10-6-14-30(20-26)50(42,43)44;;;;/h3-14,17-20H,15-16,21-22H2,1-2H3,(H,33,34,35)(H,36,37,38)(H,39,40,41)(H,42,43,44);;;;/q;4*+1/p-4/t31-,32-;;;;/m1..../s1. The number of hydrogen-bond acceptors (Lipinski definition) is 12. The maximum atomic E-state index is 12.0. The molecule has 0 unspecified atom stereocenters. The van der Waals surface area contributed by atoms with Gasteiger partial charge in [-0.3, -0.25) is 0 Å². The van der Waals surface area contributed by atoms with Crippen molar-refractivity contribution < 1.29 is 170 Å². The van der Waals surface area contributed by atoms with Crippen LogP contribution in [0.3, 0.4) is 0 Å². The van der Waals surface area contributed by atoms with Crippen molar-refractivity contribution in [2.45, 2.75) is 46.3 Å². The third kappa shape index (κ3) is 12.7. The van der Waals surface area contributed by atoms with Crippen molar-refractivity contribution in [3.05, 3.63) is 97.1 Å². The van der Waals surface area contributed by atoms with Crippen molar-refractivity contribution in [1.29, 1.82) is 0 Å². The van der Waals surface area contributed by atoms with Gasteiger partial charge in [0.05, 0.1) is 19.6 Å². The second kappa shape index (κ2) is 20.3. The molecule has 1 aliphatic carbocycles. The first kappa shape index (κ1) is 53.4. The van der Waals surface area contributed by atoms with Gasteiger partial charge in [0.1, 0.15) is 40.5 Å². The average Bonchev–Trinajstić information content (AvgIpc) is 3.04. The molecule has 0 heterocycles. The van der Waals surface area contributed by atoms with E-state index in [0.717, 1.165) is 24.3 Å². The molecule has 22 heteroatoms. The Morgan fingerprint density at radius 1 is 0.444 bits per heavy atom. The summed E-state index contributed by atoms with van der Waals surface area (Å²) in [6.45, 7) is 4.00. The van der Waals surface area contributed by atoms with Crippen LogP contribution >= 0.6 is 15.8 Å². The van der Waals surface area contributed by atoms with E-state index in [9.17, 15) is 51.9 Å². The minimum Gasteiger partial charge on any atom is -0.744 e. The molecule has 1 saturated carbocycles. The topological polar surface area (TPSA) is 229 Å². The SMILES string of the molecule is C[C@]1(CP(c2cccc(S(=O)(=O)[O-])c2)c2cccc(S(=O)(=O)[O-])c2)CC[C@]1(C)CP(c1cccc(S(=O)(=O)[O-])c1)c1cccc(S(=O)(=O)[O-])c1.[Na+].[Na+].[Na+].[Na+]. The van der Waals surface area contributed by atoms with Gasteiger partial charge in [-0.1, -0.05) is 62.4 Å². The van der Waals surface area contributed by atoms with Crippen LogP contribution < -0.4 is 139 Å². The number of benzene rings is 4. The van der Waals surface area contributed by atoms with E-state index in [1.807, 2.05) is 13.8 Å². The molecule has 5 rings (SSSR count). The fourth-order valence-corrected chi connectivity index (χ4v) is 14.6. The second-order valence-electron chi connectivity index (χ2n) is 12.6. The van der Waals surface area contributed by atoms with Gasteiger partial charge in [-0.05, 0) is 122 Å². The van der Waals surface area contributed by atoms with Gasteiger partial charge in [-0.15, -0.1) is 0 Å². The fraction of sp³-hybridized carbons (Fsp3) is 0.250. The molecule has 0 radical (unpaired) electrons. The van der Waals surface area contributed by atoms with Crippen molar-refractivity contribution in [2.24, 2.45) is 10.8 Å². The molecule has 4 aromatic rings. The Kier molecular flexibility index (Phi) is 20.1. The minimum atomic E-state index is -4.85. The zero-order valence-electron chi connectivity index (χ0n) is 30.5. The van der Waals surface area contributed by atoms with Gasteiger partial charge in [0.2, 0.25) is 0 Å². The van der Waals surface area contributed by atoms with Crippen LogP contribution in [0.5, 0.6) is 0 Å². The largest absolute Gasteiger partial charge is 1.00 e. The van der Waals surface area contributed by atoms with E-state index in [4.69, 9.17) is 0 Å². The maximum Gasteiger partial charge on any atom is 1.00 e. The second-order valence-corrected chi connectivity index (χ2v) is 22.5. The minimum absolute atomic E-state index is 0. The van der Waals surface area contributed by atoms with Crippen molar-refractivity contribution in [3.63, 3.8) is 0 Å². The zero-order chi connectivity index (χ0) is 36.9. The molecule has 0 bridgehead atoms. The van der Waals surface area contributed by atoms with Crippen LogP contribution in [0.2, 0.25) is 0 Å². The third-order valence-corrected chi connectivity index (χ3v) is 18.3. The summed E-state index contributed by atoms with van der Waals surface area (Å²) in [7, 11) is -22.6. The van der Waals surface area contributed by atoms with Crippen LogP contribution in [0.4, 0.5) is 0 Å². The van der Waals surface area contributed by atoms with E-state index >= 15 is 0 Å². The van der Waals surface area contributed by atoms with Crippen LogP contribution in [-0.4, -0.2) is 64.2 Å². The van der Waals surface area contributed by atoms with Gasteiger partial charge in [-0.2, -0.15) is 0 Å². The van der Waals surface area contributed by atoms with Crippen LogP contribution in [0.1, 0.15) is 26.7 Å². The molecule has 0 N–H and O–H groups in total. The Morgan fingerprint density at radius 2 is 0.648 bits per heavy atom. The van der Waals surface area contributed by atoms with Crippen molar-refractivity contribution in [1.82, 2.24) is 0 Å². The molecule has 0 amide bonds. The third-order valence-electron chi connectivity index (χ3n) is 9.37. The van der Waals surface area contributed by atoms with E-state index in [1.54, 1.807) is 24.3 Å². The van der Waals surface area contributed by atoms with Crippen molar-refractivity contribution >= 4 is 77.5 Å². The molecule has 12 nitrogen and oxygen atoms in total. The Balaban J connectivity index is 0.00000364. The van der Waals surface area contributed by atoms with Gasteiger partial charge in [0.15, 0.2) is 0 Å². The smallest absolute Gasteiger partial charge is 0.744 e. The first-order valence-corrected chi connectivity index (χ1v) is 23.5. The van der Waals surface area contributed by atoms with E-state index in [0.29, 0.717) is 46.4 Å². The Labute approximate surface area is 408 Å². The van der Waals surface area contributed by atoms with Crippen LogP contribution in [0.25, 0.3) is 0 Å². The van der Waals surface area contributed by atoms with Gasteiger partial charge in [0, 0.05) is 0 Å². The van der Waals surface area contributed by atoms with Crippen LogP contribution in [-0.2, 0) is 40.5 Å². The summed E-state index contributed by atoms with van der Waals surface area (Å²) in [6.07, 6.45) is 1.98. The van der Waals surface area contributed by atoms with Crippen molar-refractivity contribution in [3.8, 4) is 0 Å². The van der Waals surface area contributed by atoms with Crippen LogP contribution in [0, 0.1) is 10.8 Å². The average molecular weight is 889 g/mol. The van der Waals surface area contributed by atoms with Gasteiger partial charge in [0.25, 0.3) is 0 Å². The molecule has 1 fully saturated rings. The monoisotopic (exact) mass is 888 g/mol. The van der Waals surface area contributed by atoms with E-state index in [-0.39, 0.29) is 118 Å². The molecule has 0 spiro atoms. The molecule has 0 aromatic heterocycles. The molecule has 4 aromatic carbocycles. The molecule has 54 heavy (non-hydrogen) atoms. The molecule has 268 valence electrons. The summed E-state index contributed by atoms with van der Waals surface area (Å²) in [5, 5.41) is 1.82. The molecule has 0 saturated heterocycles. The van der Waals surface area contributed by atoms with Crippen LogP contribution in [0.15, 0.2) is 117 Å². The molecule has 0 aliphatic heterocycles. The van der Waals surface area contributed by atoms with E-state index in [1.165, 1.54) is 48.5 Å². The van der Waals surface area contributed by atoms with Gasteiger partial charge >= 0.3 is 118 Å². The Bertz CT molecular complexity index is 2100. The molecule has 1 aliphatic rings. The quantitative estimate of drug-likeness (QED) is 0.0735. The summed E-state index contributed by atoms with van der Waals surface area (Å²) in [6, 6.07) is 21.8. The summed E-state index contributed by atoms with van der Waals surface area (Å²) in [4.78, 5) is -1.88. The number of rotatable bonds is 12.